The summed E-state index contributed by atoms with van der Waals surface area (Å²) in [5.74, 6) is -1.14. The first kappa shape index (κ1) is 24.5. The Hall–Kier alpha value is -1.75. The Kier molecular flexibility index (Phi) is 10.5. The Labute approximate surface area is 192 Å². The fourth-order valence-electron chi connectivity index (χ4n) is 2.89. The topological polar surface area (TPSA) is 52.6 Å². The summed E-state index contributed by atoms with van der Waals surface area (Å²) in [4.78, 5) is 25.1. The van der Waals surface area contributed by atoms with Crippen LogP contribution in [0, 0.1) is 0 Å². The summed E-state index contributed by atoms with van der Waals surface area (Å²) < 4.78 is 10.7. The third kappa shape index (κ3) is 7.50. The van der Waals surface area contributed by atoms with E-state index in [9.17, 15) is 9.59 Å². The van der Waals surface area contributed by atoms with Gasteiger partial charge >= 0.3 is 11.9 Å². The molecule has 0 atom stereocenters. The van der Waals surface area contributed by atoms with Crippen LogP contribution in [0.15, 0.2) is 36.4 Å². The quantitative estimate of drug-likeness (QED) is 0.145. The number of hydrogen-bond donors (Lipinski definition) is 0. The first-order chi connectivity index (χ1) is 14.4. The fourth-order valence-corrected chi connectivity index (χ4v) is 3.47. The lowest BCUT2D eigenvalue weighted by molar-refractivity contribution is 0.0489. The van der Waals surface area contributed by atoms with Crippen LogP contribution in [0.25, 0.3) is 0 Å². The fraction of sp³-hybridized carbons (Fsp3) is 0.391. The predicted molar refractivity (Wildman–Crippen MR) is 121 cm³/mol. The van der Waals surface area contributed by atoms with E-state index >= 15 is 0 Å². The number of halogens is 3. The second-order valence-electron chi connectivity index (χ2n) is 6.89. The minimum absolute atomic E-state index is 0.101. The molecule has 0 saturated heterocycles. The molecule has 2 aromatic rings. The molecule has 0 amide bonds. The van der Waals surface area contributed by atoms with Crippen LogP contribution in [0.1, 0.15) is 72.6 Å². The molecule has 7 heteroatoms. The van der Waals surface area contributed by atoms with Gasteiger partial charge in [0.2, 0.25) is 0 Å². The molecular weight excluding hydrogens is 447 g/mol. The normalized spacial score (nSPS) is 10.7. The van der Waals surface area contributed by atoms with Crippen molar-refractivity contribution in [2.75, 3.05) is 6.61 Å². The maximum absolute atomic E-state index is 12.6. The monoisotopic (exact) mass is 470 g/mol. The predicted octanol–water partition coefficient (Wildman–Crippen LogP) is 7.77. The summed E-state index contributed by atoms with van der Waals surface area (Å²) >= 11 is 17.8. The average molecular weight is 472 g/mol. The van der Waals surface area contributed by atoms with Crippen molar-refractivity contribution < 1.29 is 19.1 Å². The molecule has 0 bridgehead atoms. The van der Waals surface area contributed by atoms with Gasteiger partial charge in [-0.05, 0) is 18.6 Å². The molecule has 0 aliphatic carbocycles. The van der Waals surface area contributed by atoms with E-state index in [4.69, 9.17) is 44.3 Å². The smallest absolute Gasteiger partial charge is 0.344 e. The van der Waals surface area contributed by atoms with Gasteiger partial charge in [0, 0.05) is 12.1 Å². The van der Waals surface area contributed by atoms with Crippen molar-refractivity contribution in [3.8, 4) is 5.75 Å². The first-order valence-corrected chi connectivity index (χ1v) is 11.2. The molecule has 30 heavy (non-hydrogen) atoms. The zero-order valence-corrected chi connectivity index (χ0v) is 19.2. The maximum Gasteiger partial charge on any atom is 0.344 e. The van der Waals surface area contributed by atoms with E-state index in [0.717, 1.165) is 19.3 Å². The van der Waals surface area contributed by atoms with Crippen LogP contribution in [0.4, 0.5) is 0 Å². The lowest BCUT2D eigenvalue weighted by Crippen LogP contribution is -2.16. The van der Waals surface area contributed by atoms with Crippen LogP contribution in [0.2, 0.25) is 15.1 Å². The van der Waals surface area contributed by atoms with Gasteiger partial charge in [-0.3, -0.25) is 0 Å². The van der Waals surface area contributed by atoms with E-state index < -0.39 is 11.9 Å². The van der Waals surface area contributed by atoms with Crippen LogP contribution >= 0.6 is 34.8 Å². The molecule has 0 radical (unpaired) electrons. The van der Waals surface area contributed by atoms with Gasteiger partial charge < -0.3 is 9.47 Å². The van der Waals surface area contributed by atoms with Crippen LogP contribution in [0.3, 0.4) is 0 Å². The zero-order chi connectivity index (χ0) is 21.9. The summed E-state index contributed by atoms with van der Waals surface area (Å²) in [6, 6.07) is 9.12. The van der Waals surface area contributed by atoms with Crippen molar-refractivity contribution in [2.45, 2.75) is 51.9 Å². The molecule has 162 valence electrons. The summed E-state index contributed by atoms with van der Waals surface area (Å²) in [6.07, 6.45) is 7.87. The molecule has 0 unspecified atom stereocenters. The standard InChI is InChI=1S/C23H25Cl3O4/c1-2-3-4-5-6-7-10-13-29-22(27)17-11-8-9-12-18(17)23(28)30-16-14-19(24)21(26)20(25)15-16/h8-9,11-12,14-15H,2-7,10,13H2,1H3. The number of hydrogen-bond acceptors (Lipinski definition) is 4. The number of unbranched alkanes of at least 4 members (excludes halogenated alkanes) is 6. The number of esters is 2. The molecule has 0 fully saturated rings. The Bertz CT molecular complexity index is 844. The van der Waals surface area contributed by atoms with Crippen molar-refractivity contribution in [3.63, 3.8) is 0 Å². The van der Waals surface area contributed by atoms with Gasteiger partial charge in [0.1, 0.15) is 5.75 Å². The van der Waals surface area contributed by atoms with Gasteiger partial charge in [0.25, 0.3) is 0 Å². The van der Waals surface area contributed by atoms with Crippen molar-refractivity contribution in [1.82, 2.24) is 0 Å². The minimum Gasteiger partial charge on any atom is -0.462 e. The van der Waals surface area contributed by atoms with E-state index in [1.54, 1.807) is 12.1 Å². The highest BCUT2D eigenvalue weighted by atomic mass is 35.5. The second-order valence-corrected chi connectivity index (χ2v) is 8.09. The SMILES string of the molecule is CCCCCCCCCOC(=O)c1ccccc1C(=O)Oc1cc(Cl)c(Cl)c(Cl)c1. The summed E-state index contributed by atoms with van der Waals surface area (Å²) in [5.41, 5.74) is 0.251. The molecule has 0 aliphatic heterocycles. The molecule has 0 saturated carbocycles. The lowest BCUT2D eigenvalue weighted by Gasteiger charge is -2.10. The van der Waals surface area contributed by atoms with Crippen molar-refractivity contribution in [3.05, 3.63) is 62.6 Å². The van der Waals surface area contributed by atoms with Crippen LogP contribution < -0.4 is 4.74 Å². The zero-order valence-electron chi connectivity index (χ0n) is 16.9. The summed E-state index contributed by atoms with van der Waals surface area (Å²) in [7, 11) is 0. The molecule has 0 spiro atoms. The van der Waals surface area contributed by atoms with E-state index in [-0.39, 0.29) is 31.9 Å². The van der Waals surface area contributed by atoms with E-state index in [2.05, 4.69) is 6.92 Å². The van der Waals surface area contributed by atoms with E-state index in [1.165, 1.54) is 49.9 Å². The molecule has 0 aliphatic rings. The van der Waals surface area contributed by atoms with Crippen LogP contribution in [-0.4, -0.2) is 18.5 Å². The lowest BCUT2D eigenvalue weighted by atomic mass is 10.1. The summed E-state index contributed by atoms with van der Waals surface area (Å²) in [5, 5.41) is 0.496. The largest absolute Gasteiger partial charge is 0.462 e. The Balaban J connectivity index is 1.93. The molecule has 0 N–H and O–H groups in total. The number of rotatable bonds is 11. The Morgan fingerprint density at radius 2 is 1.33 bits per heavy atom. The third-order valence-corrected chi connectivity index (χ3v) is 5.71. The van der Waals surface area contributed by atoms with E-state index in [1.807, 2.05) is 0 Å². The Morgan fingerprint density at radius 1 is 0.800 bits per heavy atom. The van der Waals surface area contributed by atoms with E-state index in [0.29, 0.717) is 6.61 Å². The number of ether oxygens (including phenoxy) is 2. The third-order valence-electron chi connectivity index (χ3n) is 4.52. The van der Waals surface area contributed by atoms with Gasteiger partial charge in [-0.2, -0.15) is 0 Å². The Morgan fingerprint density at radius 3 is 1.93 bits per heavy atom. The maximum atomic E-state index is 12.6. The molecule has 2 aromatic carbocycles. The average Bonchev–Trinajstić information content (AvgIpc) is 2.73. The minimum atomic E-state index is -0.715. The van der Waals surface area contributed by atoms with Crippen LogP contribution in [-0.2, 0) is 4.74 Å². The summed E-state index contributed by atoms with van der Waals surface area (Å²) in [6.45, 7) is 2.51. The molecule has 0 aromatic heterocycles. The molecule has 0 heterocycles. The van der Waals surface area contributed by atoms with Crippen molar-refractivity contribution in [2.24, 2.45) is 0 Å². The first-order valence-electron chi connectivity index (χ1n) is 10.1. The van der Waals surface area contributed by atoms with Crippen molar-refractivity contribution >= 4 is 46.7 Å². The number of carbonyl (C=O) groups excluding carboxylic acids is 2. The molecule has 2 rings (SSSR count). The highest BCUT2D eigenvalue weighted by Crippen LogP contribution is 2.34. The van der Waals surface area contributed by atoms with Gasteiger partial charge in [-0.1, -0.05) is 92.4 Å². The highest BCUT2D eigenvalue weighted by molar-refractivity contribution is 6.48. The number of benzene rings is 2. The van der Waals surface area contributed by atoms with Gasteiger partial charge in [0.05, 0.1) is 32.8 Å². The molecule has 4 nitrogen and oxygen atoms in total. The van der Waals surface area contributed by atoms with Crippen LogP contribution in [0.5, 0.6) is 5.75 Å². The highest BCUT2D eigenvalue weighted by Gasteiger charge is 2.20. The second kappa shape index (κ2) is 12.8. The van der Waals surface area contributed by atoms with Gasteiger partial charge in [-0.15, -0.1) is 0 Å². The van der Waals surface area contributed by atoms with Crippen molar-refractivity contribution in [1.29, 1.82) is 0 Å². The molecular formula is C23H25Cl3O4. The van der Waals surface area contributed by atoms with Gasteiger partial charge in [0.15, 0.2) is 0 Å². The van der Waals surface area contributed by atoms with Gasteiger partial charge in [-0.25, -0.2) is 9.59 Å². The number of carbonyl (C=O) groups is 2.